The Balaban J connectivity index is 1.75. The van der Waals surface area contributed by atoms with E-state index in [-0.39, 0.29) is 49.5 Å². The molecule has 2 aromatic carbocycles. The van der Waals surface area contributed by atoms with Gasteiger partial charge in [0.15, 0.2) is 0 Å². The van der Waals surface area contributed by atoms with E-state index in [1.165, 1.54) is 11.0 Å². The average Bonchev–Trinajstić information content (AvgIpc) is 3.41. The maximum absolute atomic E-state index is 13.4. The molecule has 40 heavy (non-hydrogen) atoms. The molecular weight excluding hydrogens is 547 g/mol. The molecule has 2 aromatic rings. The Hall–Kier alpha value is -3.28. The largest absolute Gasteiger partial charge is 0.497 e. The number of nitrogens with one attached hydrogen (secondary N) is 1. The molecule has 220 valence electrons. The molecule has 2 amide bonds. The molecule has 1 fully saturated rings. The van der Waals surface area contributed by atoms with Gasteiger partial charge in [-0.3, -0.25) is 13.9 Å². The number of hydrogen-bond donors (Lipinski definition) is 1. The molecule has 1 aliphatic carbocycles. The van der Waals surface area contributed by atoms with Crippen LogP contribution in [0.5, 0.6) is 5.75 Å². The highest BCUT2D eigenvalue weighted by molar-refractivity contribution is 7.92. The SMILES string of the molecule is COc1ccc(CN(C(=O)CCCN(c2cccc(C(F)(F)F)c2)S(C)(=O)=O)[C@@H](C)C(=O)NC2CCCC2)cc1. The van der Waals surface area contributed by atoms with Crippen molar-refractivity contribution >= 4 is 27.5 Å². The maximum atomic E-state index is 13.4. The summed E-state index contributed by atoms with van der Waals surface area (Å²) in [5.74, 6) is 0.00184. The summed E-state index contributed by atoms with van der Waals surface area (Å²) < 4.78 is 70.6. The summed E-state index contributed by atoms with van der Waals surface area (Å²) in [6.07, 6.45) is 0.0593. The zero-order chi connectivity index (χ0) is 29.5. The van der Waals surface area contributed by atoms with Crippen molar-refractivity contribution in [1.29, 1.82) is 0 Å². The fourth-order valence-corrected chi connectivity index (χ4v) is 5.70. The van der Waals surface area contributed by atoms with E-state index in [9.17, 15) is 31.2 Å². The number of carbonyl (C=O) groups is 2. The first-order valence-electron chi connectivity index (χ1n) is 13.2. The van der Waals surface area contributed by atoms with Crippen LogP contribution < -0.4 is 14.4 Å². The minimum absolute atomic E-state index is 0.0399. The number of rotatable bonds is 12. The van der Waals surface area contributed by atoms with Crippen molar-refractivity contribution in [2.24, 2.45) is 0 Å². The third-order valence-corrected chi connectivity index (χ3v) is 8.19. The van der Waals surface area contributed by atoms with Crippen LogP contribution in [-0.4, -0.2) is 57.1 Å². The van der Waals surface area contributed by atoms with Gasteiger partial charge in [0.05, 0.1) is 24.6 Å². The van der Waals surface area contributed by atoms with Crippen LogP contribution >= 0.6 is 0 Å². The molecule has 0 radical (unpaired) electrons. The van der Waals surface area contributed by atoms with Gasteiger partial charge in [-0.05, 0) is 62.1 Å². The second-order valence-corrected chi connectivity index (χ2v) is 11.9. The molecule has 1 saturated carbocycles. The van der Waals surface area contributed by atoms with E-state index < -0.39 is 27.8 Å². The first-order chi connectivity index (χ1) is 18.8. The number of carbonyl (C=O) groups excluding carboxylic acids is 2. The highest BCUT2D eigenvalue weighted by Crippen LogP contribution is 2.32. The molecule has 0 bridgehead atoms. The number of anilines is 1. The Morgan fingerprint density at radius 3 is 2.33 bits per heavy atom. The Morgan fingerprint density at radius 1 is 1.10 bits per heavy atom. The predicted octanol–water partition coefficient (Wildman–Crippen LogP) is 4.74. The molecule has 12 heteroatoms. The van der Waals surface area contributed by atoms with Gasteiger partial charge >= 0.3 is 6.18 Å². The topological polar surface area (TPSA) is 96.0 Å². The van der Waals surface area contributed by atoms with Gasteiger partial charge < -0.3 is 15.0 Å². The Kier molecular flexibility index (Phi) is 10.5. The van der Waals surface area contributed by atoms with Crippen molar-refractivity contribution in [2.45, 2.75) is 70.3 Å². The van der Waals surface area contributed by atoms with Crippen molar-refractivity contribution in [3.8, 4) is 5.75 Å². The molecule has 0 aromatic heterocycles. The Morgan fingerprint density at radius 2 is 1.75 bits per heavy atom. The zero-order valence-corrected chi connectivity index (χ0v) is 23.7. The van der Waals surface area contributed by atoms with Gasteiger partial charge in [0.25, 0.3) is 0 Å². The van der Waals surface area contributed by atoms with Crippen LogP contribution in [0.2, 0.25) is 0 Å². The van der Waals surface area contributed by atoms with Crippen LogP contribution in [-0.2, 0) is 32.3 Å². The molecule has 1 atom stereocenters. The zero-order valence-electron chi connectivity index (χ0n) is 22.9. The number of benzene rings is 2. The summed E-state index contributed by atoms with van der Waals surface area (Å²) in [7, 11) is -2.39. The molecule has 0 unspecified atom stereocenters. The van der Waals surface area contributed by atoms with E-state index in [0.717, 1.165) is 60.0 Å². The quantitative estimate of drug-likeness (QED) is 0.390. The number of amides is 2. The van der Waals surface area contributed by atoms with Gasteiger partial charge in [-0.25, -0.2) is 8.42 Å². The van der Waals surface area contributed by atoms with Crippen LogP contribution in [0, 0.1) is 0 Å². The highest BCUT2D eigenvalue weighted by Gasteiger charge is 2.32. The fourth-order valence-electron chi connectivity index (χ4n) is 4.74. The van der Waals surface area contributed by atoms with Gasteiger partial charge in [-0.1, -0.05) is 31.0 Å². The molecule has 0 heterocycles. The lowest BCUT2D eigenvalue weighted by molar-refractivity contribution is -0.141. The lowest BCUT2D eigenvalue weighted by Gasteiger charge is -2.30. The number of methoxy groups -OCH3 is 1. The van der Waals surface area contributed by atoms with Crippen LogP contribution in [0.4, 0.5) is 18.9 Å². The highest BCUT2D eigenvalue weighted by atomic mass is 32.2. The molecule has 3 rings (SSSR count). The third kappa shape index (κ3) is 8.61. The number of hydrogen-bond acceptors (Lipinski definition) is 5. The first-order valence-corrected chi connectivity index (χ1v) is 15.0. The van der Waals surface area contributed by atoms with E-state index in [4.69, 9.17) is 4.74 Å². The fraction of sp³-hybridized carbons (Fsp3) is 0.500. The monoisotopic (exact) mass is 583 g/mol. The van der Waals surface area contributed by atoms with E-state index in [1.807, 2.05) is 0 Å². The summed E-state index contributed by atoms with van der Waals surface area (Å²) in [4.78, 5) is 27.9. The van der Waals surface area contributed by atoms with Crippen molar-refractivity contribution in [2.75, 3.05) is 24.2 Å². The summed E-state index contributed by atoms with van der Waals surface area (Å²) >= 11 is 0. The number of ether oxygens (including phenoxy) is 1. The molecule has 0 saturated heterocycles. The Labute approximate surface area is 233 Å². The third-order valence-electron chi connectivity index (χ3n) is 6.99. The van der Waals surface area contributed by atoms with Crippen molar-refractivity contribution in [1.82, 2.24) is 10.2 Å². The average molecular weight is 584 g/mol. The molecule has 1 aliphatic rings. The van der Waals surface area contributed by atoms with Gasteiger partial charge in [0, 0.05) is 25.6 Å². The van der Waals surface area contributed by atoms with Crippen LogP contribution in [0.3, 0.4) is 0 Å². The predicted molar refractivity (Wildman–Crippen MR) is 146 cm³/mol. The van der Waals surface area contributed by atoms with E-state index in [2.05, 4.69) is 5.32 Å². The lowest BCUT2D eigenvalue weighted by Crippen LogP contribution is -2.49. The second kappa shape index (κ2) is 13.4. The van der Waals surface area contributed by atoms with Gasteiger partial charge in [0.2, 0.25) is 21.8 Å². The minimum Gasteiger partial charge on any atom is -0.497 e. The van der Waals surface area contributed by atoms with Crippen LogP contribution in [0.15, 0.2) is 48.5 Å². The smallest absolute Gasteiger partial charge is 0.416 e. The molecular formula is C28H36F3N3O5S. The summed E-state index contributed by atoms with van der Waals surface area (Å²) in [6, 6.07) is 10.4. The summed E-state index contributed by atoms with van der Waals surface area (Å²) in [6.45, 7) is 1.59. The van der Waals surface area contributed by atoms with Gasteiger partial charge in [0.1, 0.15) is 11.8 Å². The van der Waals surface area contributed by atoms with Gasteiger partial charge in [-0.15, -0.1) is 0 Å². The minimum atomic E-state index is -4.63. The normalized spacial score (nSPS) is 14.9. The number of nitrogens with zero attached hydrogens (tertiary/aromatic N) is 2. The van der Waals surface area contributed by atoms with Crippen molar-refractivity contribution in [3.05, 3.63) is 59.7 Å². The lowest BCUT2D eigenvalue weighted by atomic mass is 10.1. The van der Waals surface area contributed by atoms with E-state index >= 15 is 0 Å². The number of alkyl halides is 3. The maximum Gasteiger partial charge on any atom is 0.416 e. The second-order valence-electron chi connectivity index (χ2n) is 10.0. The summed E-state index contributed by atoms with van der Waals surface area (Å²) in [5.41, 5.74) is -0.331. The number of sulfonamides is 1. The van der Waals surface area contributed by atoms with Gasteiger partial charge in [-0.2, -0.15) is 13.2 Å². The van der Waals surface area contributed by atoms with Crippen LogP contribution in [0.1, 0.15) is 56.6 Å². The first kappa shape index (κ1) is 31.3. The summed E-state index contributed by atoms with van der Waals surface area (Å²) in [5, 5.41) is 3.02. The number of halogens is 3. The van der Waals surface area contributed by atoms with Crippen molar-refractivity contribution < 1.29 is 35.9 Å². The molecule has 8 nitrogen and oxygen atoms in total. The van der Waals surface area contributed by atoms with E-state index in [0.29, 0.717) is 5.75 Å². The Bertz CT molecular complexity index is 1260. The standard InChI is InChI=1S/C28H36F3N3O5S/c1-20(27(36)32-23-9-4-5-10-23)33(19-21-13-15-25(39-2)16-14-21)26(35)12-7-17-34(40(3,37)38)24-11-6-8-22(18-24)28(29,30)31/h6,8,11,13-16,18,20,23H,4-5,7,9-10,12,17,19H2,1-3H3,(H,32,36)/t20-/m0/s1. The van der Waals surface area contributed by atoms with Crippen LogP contribution in [0.25, 0.3) is 0 Å². The molecule has 0 aliphatic heterocycles. The molecule has 0 spiro atoms. The van der Waals surface area contributed by atoms with Crippen molar-refractivity contribution in [3.63, 3.8) is 0 Å². The van der Waals surface area contributed by atoms with E-state index in [1.54, 1.807) is 38.3 Å². The molecule has 1 N–H and O–H groups in total.